The molecule has 0 aromatic carbocycles. The lowest BCUT2D eigenvalue weighted by Gasteiger charge is -2.30. The van der Waals surface area contributed by atoms with Gasteiger partial charge in [0.2, 0.25) is 0 Å². The van der Waals surface area contributed by atoms with E-state index in [1.807, 2.05) is 6.92 Å². The fourth-order valence-electron chi connectivity index (χ4n) is 4.67. The number of allylic oxidation sites excluding steroid dienone is 3. The van der Waals surface area contributed by atoms with Crippen LogP contribution in [0.5, 0.6) is 0 Å². The highest BCUT2D eigenvalue weighted by Crippen LogP contribution is 2.51. The Morgan fingerprint density at radius 3 is 2.85 bits per heavy atom. The van der Waals surface area contributed by atoms with Crippen LogP contribution in [0.2, 0.25) is 0 Å². The van der Waals surface area contributed by atoms with E-state index in [1.165, 1.54) is 25.7 Å². The molecule has 0 heterocycles. The third-order valence-corrected chi connectivity index (χ3v) is 5.95. The number of rotatable bonds is 4. The Kier molecular flexibility index (Phi) is 3.81. The molecule has 4 atom stereocenters. The molecule has 0 bridgehead atoms. The summed E-state index contributed by atoms with van der Waals surface area (Å²) in [7, 11) is 0. The maximum Gasteiger partial charge on any atom is 0.0682 e. The van der Waals surface area contributed by atoms with E-state index in [9.17, 15) is 10.2 Å². The normalized spacial score (nSPS) is 40.5. The lowest BCUT2D eigenvalue weighted by Crippen LogP contribution is -2.32. The minimum absolute atomic E-state index is 0.0746. The van der Waals surface area contributed by atoms with Crippen LogP contribution in [0, 0.1) is 17.3 Å². The molecule has 0 aliphatic heterocycles. The van der Waals surface area contributed by atoms with Gasteiger partial charge >= 0.3 is 0 Å². The van der Waals surface area contributed by atoms with Gasteiger partial charge in [0.05, 0.1) is 11.7 Å². The highest BCUT2D eigenvalue weighted by Gasteiger charge is 2.45. The van der Waals surface area contributed by atoms with Gasteiger partial charge < -0.3 is 10.2 Å². The summed E-state index contributed by atoms with van der Waals surface area (Å²) in [6.07, 6.45) is 17.4. The van der Waals surface area contributed by atoms with Gasteiger partial charge in [0, 0.05) is 5.41 Å². The van der Waals surface area contributed by atoms with E-state index >= 15 is 0 Å². The first-order valence-corrected chi connectivity index (χ1v) is 8.28. The summed E-state index contributed by atoms with van der Waals surface area (Å²) >= 11 is 0. The van der Waals surface area contributed by atoms with Crippen LogP contribution in [-0.2, 0) is 0 Å². The molecule has 2 N–H and O–H groups in total. The first-order valence-electron chi connectivity index (χ1n) is 8.28. The van der Waals surface area contributed by atoms with Gasteiger partial charge in [0.25, 0.3) is 0 Å². The fourth-order valence-corrected chi connectivity index (χ4v) is 4.67. The maximum absolute atomic E-state index is 10.7. The SMILES string of the molecule is C[C@](O)(C/C=C/C12C=CCC1CC(O)C2)C1CCCC1. The molecule has 0 radical (unpaired) electrons. The van der Waals surface area contributed by atoms with E-state index in [2.05, 4.69) is 24.3 Å². The molecule has 0 spiro atoms. The molecule has 2 nitrogen and oxygen atoms in total. The van der Waals surface area contributed by atoms with Crippen molar-refractivity contribution >= 4 is 0 Å². The van der Waals surface area contributed by atoms with E-state index in [0.29, 0.717) is 11.8 Å². The number of aliphatic hydroxyl groups excluding tert-OH is 1. The summed E-state index contributed by atoms with van der Waals surface area (Å²) < 4.78 is 0. The summed E-state index contributed by atoms with van der Waals surface area (Å²) in [5.41, 5.74) is -0.482. The standard InChI is InChI=1S/C18H28O2/c1-17(20,14-6-2-3-7-14)9-5-11-18-10-4-8-15(18)12-16(19)13-18/h4-5,10-11,14-16,19-20H,2-3,6-9,12-13H2,1H3/b11-5+/t15?,16?,17-,18?/m0/s1. The summed E-state index contributed by atoms with van der Waals surface area (Å²) in [6, 6.07) is 0. The number of hydrogen-bond acceptors (Lipinski definition) is 2. The van der Waals surface area contributed by atoms with Crippen molar-refractivity contribution in [1.29, 1.82) is 0 Å². The van der Waals surface area contributed by atoms with Crippen molar-refractivity contribution in [2.24, 2.45) is 17.3 Å². The molecule has 3 aliphatic rings. The van der Waals surface area contributed by atoms with Crippen molar-refractivity contribution in [2.75, 3.05) is 0 Å². The average molecular weight is 276 g/mol. The molecule has 2 heteroatoms. The predicted octanol–water partition coefficient (Wildman–Crippen LogP) is 3.59. The summed E-state index contributed by atoms with van der Waals surface area (Å²) in [4.78, 5) is 0. The van der Waals surface area contributed by atoms with Gasteiger partial charge in [-0.25, -0.2) is 0 Å². The predicted molar refractivity (Wildman–Crippen MR) is 81.3 cm³/mol. The molecule has 0 saturated heterocycles. The number of hydrogen-bond donors (Lipinski definition) is 2. The van der Waals surface area contributed by atoms with Crippen LogP contribution < -0.4 is 0 Å². The van der Waals surface area contributed by atoms with Crippen molar-refractivity contribution in [2.45, 2.75) is 70.0 Å². The van der Waals surface area contributed by atoms with E-state index in [1.54, 1.807) is 0 Å². The van der Waals surface area contributed by atoms with Gasteiger partial charge in [0.1, 0.15) is 0 Å². The van der Waals surface area contributed by atoms with Crippen LogP contribution in [0.1, 0.15) is 58.3 Å². The quantitative estimate of drug-likeness (QED) is 0.770. The second kappa shape index (κ2) is 5.31. The van der Waals surface area contributed by atoms with Crippen LogP contribution in [0.25, 0.3) is 0 Å². The minimum atomic E-state index is -0.557. The maximum atomic E-state index is 10.7. The van der Waals surface area contributed by atoms with Crippen LogP contribution in [-0.4, -0.2) is 21.9 Å². The molecule has 112 valence electrons. The Morgan fingerprint density at radius 1 is 1.35 bits per heavy atom. The molecule has 3 rings (SSSR count). The van der Waals surface area contributed by atoms with Crippen molar-refractivity contribution < 1.29 is 10.2 Å². The number of aliphatic hydroxyl groups is 2. The highest BCUT2D eigenvalue weighted by molar-refractivity contribution is 5.23. The highest BCUT2D eigenvalue weighted by atomic mass is 16.3. The number of fused-ring (bicyclic) bond motifs is 1. The van der Waals surface area contributed by atoms with Crippen LogP contribution in [0.3, 0.4) is 0 Å². The van der Waals surface area contributed by atoms with E-state index in [4.69, 9.17) is 0 Å². The molecule has 0 aromatic heterocycles. The second-order valence-corrected chi connectivity index (χ2v) is 7.49. The first-order chi connectivity index (χ1) is 9.52. The van der Waals surface area contributed by atoms with E-state index < -0.39 is 5.60 Å². The van der Waals surface area contributed by atoms with E-state index in [-0.39, 0.29) is 11.5 Å². The van der Waals surface area contributed by atoms with Crippen molar-refractivity contribution in [3.05, 3.63) is 24.3 Å². The second-order valence-electron chi connectivity index (χ2n) is 7.49. The monoisotopic (exact) mass is 276 g/mol. The Morgan fingerprint density at radius 2 is 2.10 bits per heavy atom. The fraction of sp³-hybridized carbons (Fsp3) is 0.778. The Labute approximate surface area is 122 Å². The topological polar surface area (TPSA) is 40.5 Å². The Balaban J connectivity index is 1.64. The molecule has 2 fully saturated rings. The molecule has 20 heavy (non-hydrogen) atoms. The Hall–Kier alpha value is -0.600. The first kappa shape index (κ1) is 14.3. The summed E-state index contributed by atoms with van der Waals surface area (Å²) in [5, 5.41) is 20.6. The van der Waals surface area contributed by atoms with Crippen LogP contribution >= 0.6 is 0 Å². The molecule has 3 unspecified atom stereocenters. The van der Waals surface area contributed by atoms with Gasteiger partial charge in [-0.05, 0) is 57.3 Å². The van der Waals surface area contributed by atoms with Gasteiger partial charge in [-0.1, -0.05) is 37.1 Å². The third-order valence-electron chi connectivity index (χ3n) is 5.95. The van der Waals surface area contributed by atoms with Gasteiger partial charge in [-0.15, -0.1) is 0 Å². The summed E-state index contributed by atoms with van der Waals surface area (Å²) in [5.74, 6) is 1.04. The minimum Gasteiger partial charge on any atom is -0.393 e. The molecule has 3 aliphatic carbocycles. The smallest absolute Gasteiger partial charge is 0.0682 e. The van der Waals surface area contributed by atoms with Gasteiger partial charge in [0.15, 0.2) is 0 Å². The average Bonchev–Trinajstić information content (AvgIpc) is 3.03. The molecular formula is C18H28O2. The van der Waals surface area contributed by atoms with Crippen molar-refractivity contribution in [3.8, 4) is 0 Å². The molecule has 2 saturated carbocycles. The molecular weight excluding hydrogens is 248 g/mol. The molecule has 0 amide bonds. The largest absolute Gasteiger partial charge is 0.393 e. The third kappa shape index (κ3) is 2.60. The van der Waals surface area contributed by atoms with Gasteiger partial charge in [-0.3, -0.25) is 0 Å². The van der Waals surface area contributed by atoms with E-state index in [0.717, 1.165) is 25.7 Å². The zero-order valence-electron chi connectivity index (χ0n) is 12.6. The summed E-state index contributed by atoms with van der Waals surface area (Å²) in [6.45, 7) is 2.00. The van der Waals surface area contributed by atoms with Crippen LogP contribution in [0.15, 0.2) is 24.3 Å². The van der Waals surface area contributed by atoms with Crippen molar-refractivity contribution in [1.82, 2.24) is 0 Å². The van der Waals surface area contributed by atoms with Crippen LogP contribution in [0.4, 0.5) is 0 Å². The van der Waals surface area contributed by atoms with Gasteiger partial charge in [-0.2, -0.15) is 0 Å². The zero-order chi connectivity index (χ0) is 14.2. The lowest BCUT2D eigenvalue weighted by molar-refractivity contribution is 0.00422. The lowest BCUT2D eigenvalue weighted by atomic mass is 9.79. The van der Waals surface area contributed by atoms with Crippen molar-refractivity contribution in [3.63, 3.8) is 0 Å². The zero-order valence-corrected chi connectivity index (χ0v) is 12.6. The Bertz CT molecular complexity index is 404. The molecule has 0 aromatic rings.